The molecule has 3 aliphatic rings. The first-order valence-electron chi connectivity index (χ1n) is 10.7. The highest BCUT2D eigenvalue weighted by molar-refractivity contribution is 5.33. The van der Waals surface area contributed by atoms with Crippen molar-refractivity contribution in [3.05, 3.63) is 47.0 Å². The molecule has 1 aliphatic carbocycles. The van der Waals surface area contributed by atoms with Gasteiger partial charge in [0.2, 0.25) is 0 Å². The molecule has 1 aromatic rings. The van der Waals surface area contributed by atoms with Gasteiger partial charge < -0.3 is 19.1 Å². The third-order valence-corrected chi connectivity index (χ3v) is 6.44. The van der Waals surface area contributed by atoms with Crippen LogP contribution in [0, 0.1) is 17.4 Å². The molecule has 0 saturated heterocycles. The topological polar surface area (TPSA) is 58.0 Å². The van der Waals surface area contributed by atoms with Crippen molar-refractivity contribution in [2.45, 2.75) is 44.7 Å². The molecule has 2 heterocycles. The SMILES string of the molecule is CCO[C@H]1C[C@H]2C3=C(CCN(Cc4ccccc4)C3)[C@@H]1C(OC)OCCN2C#N. The first kappa shape index (κ1) is 20.4. The Bertz CT molecular complexity index is 760. The monoisotopic (exact) mass is 397 g/mol. The van der Waals surface area contributed by atoms with Gasteiger partial charge in [0.05, 0.1) is 31.2 Å². The second-order valence-corrected chi connectivity index (χ2v) is 8.04. The summed E-state index contributed by atoms with van der Waals surface area (Å²) in [6, 6.07) is 10.7. The summed E-state index contributed by atoms with van der Waals surface area (Å²) in [6.07, 6.45) is 3.90. The summed E-state index contributed by atoms with van der Waals surface area (Å²) in [7, 11) is 1.71. The predicted octanol–water partition coefficient (Wildman–Crippen LogP) is 2.77. The molecule has 1 unspecified atom stereocenters. The van der Waals surface area contributed by atoms with Gasteiger partial charge in [-0.25, -0.2) is 0 Å². The normalized spacial score (nSPS) is 30.3. The second kappa shape index (κ2) is 9.27. The van der Waals surface area contributed by atoms with E-state index < -0.39 is 0 Å². The number of benzene rings is 1. The lowest BCUT2D eigenvalue weighted by molar-refractivity contribution is -0.173. The van der Waals surface area contributed by atoms with Gasteiger partial charge in [-0.2, -0.15) is 5.26 Å². The summed E-state index contributed by atoms with van der Waals surface area (Å²) >= 11 is 0. The summed E-state index contributed by atoms with van der Waals surface area (Å²) in [4.78, 5) is 4.39. The van der Waals surface area contributed by atoms with Crippen LogP contribution >= 0.6 is 0 Å². The minimum Gasteiger partial charge on any atom is -0.378 e. The Kier molecular flexibility index (Phi) is 6.51. The van der Waals surface area contributed by atoms with Crippen molar-refractivity contribution in [2.24, 2.45) is 5.92 Å². The third kappa shape index (κ3) is 4.19. The average Bonchev–Trinajstić information content (AvgIpc) is 2.86. The van der Waals surface area contributed by atoms with Crippen LogP contribution in [0.2, 0.25) is 0 Å². The number of nitriles is 1. The van der Waals surface area contributed by atoms with Crippen molar-refractivity contribution in [3.63, 3.8) is 0 Å². The number of nitrogens with zero attached hydrogens (tertiary/aromatic N) is 3. The van der Waals surface area contributed by atoms with Crippen molar-refractivity contribution in [1.29, 1.82) is 5.26 Å². The van der Waals surface area contributed by atoms with E-state index in [9.17, 15) is 5.26 Å². The van der Waals surface area contributed by atoms with E-state index in [1.807, 2.05) is 11.8 Å². The summed E-state index contributed by atoms with van der Waals surface area (Å²) in [5.41, 5.74) is 4.09. The van der Waals surface area contributed by atoms with Crippen LogP contribution in [0.1, 0.15) is 25.3 Å². The van der Waals surface area contributed by atoms with Crippen LogP contribution in [0.4, 0.5) is 0 Å². The van der Waals surface area contributed by atoms with Gasteiger partial charge in [-0.3, -0.25) is 4.90 Å². The molecule has 0 saturated carbocycles. The van der Waals surface area contributed by atoms with Crippen LogP contribution in [-0.2, 0) is 20.8 Å². The molecule has 156 valence electrons. The summed E-state index contributed by atoms with van der Waals surface area (Å²) < 4.78 is 18.0. The molecule has 0 amide bonds. The molecule has 0 fully saturated rings. The Morgan fingerprint density at radius 1 is 1.21 bits per heavy atom. The van der Waals surface area contributed by atoms with E-state index in [0.29, 0.717) is 19.8 Å². The highest BCUT2D eigenvalue weighted by atomic mass is 16.7. The van der Waals surface area contributed by atoms with Crippen molar-refractivity contribution in [1.82, 2.24) is 9.80 Å². The molecule has 0 aromatic heterocycles. The molecule has 1 aromatic carbocycles. The first-order chi connectivity index (χ1) is 14.2. The van der Waals surface area contributed by atoms with E-state index in [4.69, 9.17) is 14.2 Å². The Balaban J connectivity index is 1.67. The molecule has 6 heteroatoms. The molecule has 4 rings (SSSR count). The maximum absolute atomic E-state index is 9.86. The third-order valence-electron chi connectivity index (χ3n) is 6.44. The van der Waals surface area contributed by atoms with Crippen LogP contribution in [-0.4, -0.2) is 68.2 Å². The van der Waals surface area contributed by atoms with Gasteiger partial charge in [0.15, 0.2) is 12.5 Å². The zero-order valence-electron chi connectivity index (χ0n) is 17.4. The van der Waals surface area contributed by atoms with Gasteiger partial charge >= 0.3 is 0 Å². The zero-order chi connectivity index (χ0) is 20.2. The molecule has 2 aliphatic heterocycles. The smallest absolute Gasteiger partial charge is 0.179 e. The second-order valence-electron chi connectivity index (χ2n) is 8.04. The fraction of sp³-hybridized carbons (Fsp3) is 0.609. The lowest BCUT2D eigenvalue weighted by atomic mass is 9.74. The van der Waals surface area contributed by atoms with E-state index in [2.05, 4.69) is 41.4 Å². The average molecular weight is 398 g/mol. The number of rotatable bonds is 5. The number of hydrogen-bond acceptors (Lipinski definition) is 6. The molecular weight excluding hydrogens is 366 g/mol. The van der Waals surface area contributed by atoms with Gasteiger partial charge in [-0.15, -0.1) is 0 Å². The summed E-state index contributed by atoms with van der Waals surface area (Å²) in [6.45, 7) is 6.58. The Hall–Kier alpha value is -1.91. The molecule has 4 atom stereocenters. The van der Waals surface area contributed by atoms with E-state index >= 15 is 0 Å². The van der Waals surface area contributed by atoms with Crippen molar-refractivity contribution < 1.29 is 14.2 Å². The minimum absolute atomic E-state index is 0.0170. The molecule has 0 radical (unpaired) electrons. The minimum atomic E-state index is -0.322. The highest BCUT2D eigenvalue weighted by Crippen LogP contribution is 2.42. The van der Waals surface area contributed by atoms with Gasteiger partial charge in [0.1, 0.15) is 0 Å². The van der Waals surface area contributed by atoms with Crippen molar-refractivity contribution >= 4 is 0 Å². The van der Waals surface area contributed by atoms with E-state index in [0.717, 1.165) is 32.5 Å². The van der Waals surface area contributed by atoms with Gasteiger partial charge in [-0.05, 0) is 30.9 Å². The molecular formula is C23H31N3O3. The Morgan fingerprint density at radius 2 is 2.03 bits per heavy atom. The van der Waals surface area contributed by atoms with E-state index in [1.165, 1.54) is 16.7 Å². The standard InChI is InChI=1S/C23H31N3O3/c1-3-28-21-13-20-19-15-25(14-17-7-5-4-6-8-17)10-9-18(19)22(21)23(27-2)29-12-11-26(20)16-24/h4-8,20-23H,3,9-15H2,1-2H3/t20-,21-,22-,23?/m0/s1. The van der Waals surface area contributed by atoms with Crippen LogP contribution in [0.3, 0.4) is 0 Å². The molecule has 0 spiro atoms. The van der Waals surface area contributed by atoms with E-state index in [1.54, 1.807) is 7.11 Å². The summed E-state index contributed by atoms with van der Waals surface area (Å²) in [5.74, 6) is 0.101. The van der Waals surface area contributed by atoms with Gasteiger partial charge in [0.25, 0.3) is 0 Å². The van der Waals surface area contributed by atoms with Crippen LogP contribution in [0.25, 0.3) is 0 Å². The fourth-order valence-corrected chi connectivity index (χ4v) is 5.17. The lowest BCUT2D eigenvalue weighted by Crippen LogP contribution is -2.51. The van der Waals surface area contributed by atoms with Crippen LogP contribution < -0.4 is 0 Å². The molecule has 6 nitrogen and oxygen atoms in total. The van der Waals surface area contributed by atoms with Gasteiger partial charge in [-0.1, -0.05) is 35.9 Å². The van der Waals surface area contributed by atoms with Crippen LogP contribution in [0.15, 0.2) is 41.5 Å². The molecule has 29 heavy (non-hydrogen) atoms. The highest BCUT2D eigenvalue weighted by Gasteiger charge is 2.46. The fourth-order valence-electron chi connectivity index (χ4n) is 5.17. The Morgan fingerprint density at radius 3 is 2.76 bits per heavy atom. The maximum atomic E-state index is 9.86. The Labute approximate surface area is 173 Å². The quantitative estimate of drug-likeness (QED) is 0.563. The molecule has 0 N–H and O–H groups in total. The number of ether oxygens (including phenoxy) is 3. The zero-order valence-corrected chi connectivity index (χ0v) is 17.4. The van der Waals surface area contributed by atoms with Crippen LogP contribution in [0.5, 0.6) is 0 Å². The van der Waals surface area contributed by atoms with Crippen molar-refractivity contribution in [3.8, 4) is 6.19 Å². The number of hydrogen-bond donors (Lipinski definition) is 0. The predicted molar refractivity (Wildman–Crippen MR) is 110 cm³/mol. The van der Waals surface area contributed by atoms with Crippen molar-refractivity contribution in [2.75, 3.05) is 40.0 Å². The largest absolute Gasteiger partial charge is 0.378 e. The van der Waals surface area contributed by atoms with E-state index in [-0.39, 0.29) is 24.4 Å². The van der Waals surface area contributed by atoms with Gasteiger partial charge in [0, 0.05) is 33.4 Å². The first-order valence-corrected chi connectivity index (χ1v) is 10.7. The summed E-state index contributed by atoms with van der Waals surface area (Å²) in [5, 5.41) is 9.86. The lowest BCUT2D eigenvalue weighted by Gasteiger charge is -2.46. The molecule has 2 bridgehead atoms. The maximum Gasteiger partial charge on any atom is 0.179 e. The number of methoxy groups -OCH3 is 1.